The number of amides is 2. The Balaban J connectivity index is 1.35. The largest absolute Gasteiger partial charge is 0.455 e. The highest BCUT2D eigenvalue weighted by Crippen LogP contribution is 2.23. The molecule has 2 amide bonds. The van der Waals surface area contributed by atoms with E-state index in [2.05, 4.69) is 0 Å². The number of ether oxygens (including phenoxy) is 2. The lowest BCUT2D eigenvalue weighted by Crippen LogP contribution is -2.52. The average Bonchev–Trinajstić information content (AvgIpc) is 2.85. The van der Waals surface area contributed by atoms with Crippen molar-refractivity contribution in [2.45, 2.75) is 12.8 Å². The van der Waals surface area contributed by atoms with Gasteiger partial charge in [0.15, 0.2) is 13.2 Å². The van der Waals surface area contributed by atoms with Gasteiger partial charge in [0.25, 0.3) is 11.8 Å². The smallest absolute Gasteiger partial charge is 0.310 e. The number of hydrogen-bond donors (Lipinski definition) is 0. The molecule has 8 nitrogen and oxygen atoms in total. The Bertz CT molecular complexity index is 1060. The van der Waals surface area contributed by atoms with E-state index in [4.69, 9.17) is 55.9 Å². The molecule has 1 fully saturated rings. The fourth-order valence-electron chi connectivity index (χ4n) is 3.41. The lowest BCUT2D eigenvalue weighted by molar-refractivity contribution is -0.155. The van der Waals surface area contributed by atoms with Gasteiger partial charge in [-0.3, -0.25) is 19.2 Å². The first kappa shape index (κ1) is 28.1. The molecule has 1 aliphatic heterocycles. The monoisotopic (exact) mass is 574 g/mol. The number of hydrogen-bond acceptors (Lipinski definition) is 6. The van der Waals surface area contributed by atoms with Crippen LogP contribution >= 0.6 is 46.4 Å². The summed E-state index contributed by atoms with van der Waals surface area (Å²) in [6.45, 7) is 0.275. The highest BCUT2D eigenvalue weighted by Gasteiger charge is 2.25. The van der Waals surface area contributed by atoms with Gasteiger partial charge in [-0.25, -0.2) is 0 Å². The molecule has 1 aliphatic rings. The summed E-state index contributed by atoms with van der Waals surface area (Å²) in [5.74, 6) is -1.87. The number of carbonyl (C=O) groups is 4. The van der Waals surface area contributed by atoms with Crippen molar-refractivity contribution in [3.63, 3.8) is 0 Å². The van der Waals surface area contributed by atoms with Gasteiger partial charge < -0.3 is 19.3 Å². The van der Waals surface area contributed by atoms with Gasteiger partial charge in [-0.15, -0.1) is 0 Å². The van der Waals surface area contributed by atoms with Crippen LogP contribution in [0, 0.1) is 0 Å². The van der Waals surface area contributed by atoms with Gasteiger partial charge in [0.2, 0.25) is 0 Å². The van der Waals surface area contributed by atoms with Crippen LogP contribution in [0.3, 0.4) is 0 Å². The van der Waals surface area contributed by atoms with Gasteiger partial charge >= 0.3 is 11.9 Å². The molecule has 0 aromatic heterocycles. The number of nitrogens with zero attached hydrogens (tertiary/aromatic N) is 2. The Hall–Kier alpha value is -2.52. The fraction of sp³-hybridized carbons (Fsp3) is 0.333. The van der Waals surface area contributed by atoms with Crippen molar-refractivity contribution < 1.29 is 28.7 Å². The molecular weight excluding hydrogens is 554 g/mol. The van der Waals surface area contributed by atoms with Crippen molar-refractivity contribution in [2.75, 3.05) is 39.4 Å². The van der Waals surface area contributed by atoms with Crippen LogP contribution in [0.15, 0.2) is 36.4 Å². The molecule has 192 valence electrons. The Morgan fingerprint density at radius 3 is 1.31 bits per heavy atom. The van der Waals surface area contributed by atoms with Crippen LogP contribution in [0.4, 0.5) is 0 Å². The molecule has 12 heteroatoms. The molecule has 2 aromatic carbocycles. The van der Waals surface area contributed by atoms with Crippen LogP contribution in [0.25, 0.3) is 0 Å². The number of piperazine rings is 1. The predicted octanol–water partition coefficient (Wildman–Crippen LogP) is 3.84. The zero-order chi connectivity index (χ0) is 26.2. The number of halogens is 4. The maximum Gasteiger partial charge on any atom is 0.310 e. The van der Waals surface area contributed by atoms with Crippen LogP contribution in [0.1, 0.15) is 11.1 Å². The number of esters is 2. The van der Waals surface area contributed by atoms with Crippen LogP contribution in [0.2, 0.25) is 20.1 Å². The molecule has 1 saturated heterocycles. The SMILES string of the molecule is O=C(Cc1ccc(Cl)c(Cl)c1)OCC(=O)N1CCN(C(=O)COC(=O)Cc2ccc(Cl)c(Cl)c2)CC1. The molecule has 1 heterocycles. The number of carbonyl (C=O) groups excluding carboxylic acids is 4. The second-order valence-electron chi connectivity index (χ2n) is 7.93. The Labute approximate surface area is 227 Å². The highest BCUT2D eigenvalue weighted by molar-refractivity contribution is 6.42. The van der Waals surface area contributed by atoms with Crippen molar-refractivity contribution >= 4 is 70.2 Å². The van der Waals surface area contributed by atoms with Crippen LogP contribution in [0.5, 0.6) is 0 Å². The van der Waals surface area contributed by atoms with Crippen LogP contribution < -0.4 is 0 Å². The van der Waals surface area contributed by atoms with E-state index in [1.165, 1.54) is 9.80 Å². The lowest BCUT2D eigenvalue weighted by Gasteiger charge is -2.34. The minimum atomic E-state index is -0.571. The van der Waals surface area contributed by atoms with Gasteiger partial charge in [-0.2, -0.15) is 0 Å². The van der Waals surface area contributed by atoms with Crippen LogP contribution in [-0.4, -0.2) is 72.9 Å². The van der Waals surface area contributed by atoms with E-state index in [0.717, 1.165) is 0 Å². The molecule has 0 saturated carbocycles. The Kier molecular flexibility index (Phi) is 10.2. The summed E-state index contributed by atoms with van der Waals surface area (Å²) in [4.78, 5) is 51.9. The summed E-state index contributed by atoms with van der Waals surface area (Å²) in [6, 6.07) is 9.59. The summed E-state index contributed by atoms with van der Waals surface area (Å²) >= 11 is 23.6. The summed E-state index contributed by atoms with van der Waals surface area (Å²) in [5.41, 5.74) is 1.23. The van der Waals surface area contributed by atoms with Crippen molar-refractivity contribution in [1.29, 1.82) is 0 Å². The van der Waals surface area contributed by atoms with E-state index >= 15 is 0 Å². The van der Waals surface area contributed by atoms with E-state index in [-0.39, 0.29) is 50.8 Å². The van der Waals surface area contributed by atoms with Gasteiger partial charge in [-0.05, 0) is 35.4 Å². The summed E-state index contributed by atoms with van der Waals surface area (Å²) in [7, 11) is 0. The average molecular weight is 576 g/mol. The van der Waals surface area contributed by atoms with E-state index in [9.17, 15) is 19.2 Å². The third-order valence-corrected chi connectivity index (χ3v) is 6.84. The minimum absolute atomic E-state index is 0.0454. The molecule has 3 rings (SSSR count). The van der Waals surface area contributed by atoms with E-state index in [1.54, 1.807) is 36.4 Å². The van der Waals surface area contributed by atoms with Crippen molar-refractivity contribution in [3.8, 4) is 0 Å². The summed E-state index contributed by atoms with van der Waals surface area (Å²) in [5, 5.41) is 1.41. The van der Waals surface area contributed by atoms with Gasteiger partial charge in [0.05, 0.1) is 32.9 Å². The van der Waals surface area contributed by atoms with Crippen molar-refractivity contribution in [3.05, 3.63) is 67.6 Å². The van der Waals surface area contributed by atoms with Crippen molar-refractivity contribution in [1.82, 2.24) is 9.80 Å². The standard InChI is InChI=1S/C24H22Cl4N2O6/c25-17-3-1-15(9-19(17)27)11-23(33)35-13-21(31)29-5-7-30(8-6-29)22(32)14-36-24(34)12-16-2-4-18(26)20(28)10-16/h1-4,9-10H,5-8,11-14H2. The molecule has 0 unspecified atom stereocenters. The first-order valence-corrected chi connectivity index (χ1v) is 12.4. The Morgan fingerprint density at radius 2 is 0.972 bits per heavy atom. The normalized spacial score (nSPS) is 13.3. The molecule has 0 aliphatic carbocycles. The lowest BCUT2D eigenvalue weighted by atomic mass is 10.1. The highest BCUT2D eigenvalue weighted by atomic mass is 35.5. The molecule has 0 spiro atoms. The minimum Gasteiger partial charge on any atom is -0.455 e. The second kappa shape index (κ2) is 13.1. The van der Waals surface area contributed by atoms with Gasteiger partial charge in [0.1, 0.15) is 0 Å². The molecular formula is C24H22Cl4N2O6. The van der Waals surface area contributed by atoms with Gasteiger partial charge in [-0.1, -0.05) is 58.5 Å². The molecule has 0 N–H and O–H groups in total. The molecule has 36 heavy (non-hydrogen) atoms. The molecule has 0 atom stereocenters. The van der Waals surface area contributed by atoms with E-state index in [0.29, 0.717) is 31.2 Å². The first-order chi connectivity index (χ1) is 17.1. The Morgan fingerprint density at radius 1 is 0.611 bits per heavy atom. The fourth-order valence-corrected chi connectivity index (χ4v) is 4.05. The third-order valence-electron chi connectivity index (χ3n) is 5.36. The molecule has 2 aromatic rings. The third kappa shape index (κ3) is 8.27. The number of rotatable bonds is 8. The topological polar surface area (TPSA) is 93.2 Å². The predicted molar refractivity (Wildman–Crippen MR) is 135 cm³/mol. The van der Waals surface area contributed by atoms with E-state index in [1.807, 2.05) is 0 Å². The van der Waals surface area contributed by atoms with Crippen molar-refractivity contribution in [2.24, 2.45) is 0 Å². The zero-order valence-electron chi connectivity index (χ0n) is 19.0. The molecule has 0 bridgehead atoms. The van der Waals surface area contributed by atoms with E-state index < -0.39 is 25.2 Å². The van der Waals surface area contributed by atoms with Crippen LogP contribution in [-0.2, 0) is 41.5 Å². The molecule has 0 radical (unpaired) electrons. The van der Waals surface area contributed by atoms with Gasteiger partial charge in [0, 0.05) is 26.2 Å². The maximum absolute atomic E-state index is 12.4. The zero-order valence-corrected chi connectivity index (χ0v) is 22.0. The second-order valence-corrected chi connectivity index (χ2v) is 9.56. The number of benzene rings is 2. The maximum atomic E-state index is 12.4. The quantitative estimate of drug-likeness (QED) is 0.444. The first-order valence-electron chi connectivity index (χ1n) is 10.9. The summed E-state index contributed by atoms with van der Waals surface area (Å²) in [6.07, 6.45) is -0.0908. The summed E-state index contributed by atoms with van der Waals surface area (Å²) < 4.78 is 10.1.